The maximum absolute atomic E-state index is 12.2. The van der Waals surface area contributed by atoms with Crippen LogP contribution in [0.3, 0.4) is 0 Å². The fraction of sp³-hybridized carbons (Fsp3) is 0.250. The molecular formula is C20H23N5O4S2. The van der Waals surface area contributed by atoms with Crippen molar-refractivity contribution in [2.45, 2.75) is 37.4 Å². The van der Waals surface area contributed by atoms with Gasteiger partial charge in [-0.3, -0.25) is 10.1 Å². The Hall–Kier alpha value is -2.89. The number of urea groups is 1. The lowest BCUT2D eigenvalue weighted by Crippen LogP contribution is -2.35. The molecule has 11 heteroatoms. The van der Waals surface area contributed by atoms with Crippen LogP contribution >= 0.6 is 11.8 Å². The molecule has 0 radical (unpaired) electrons. The van der Waals surface area contributed by atoms with Crippen molar-refractivity contribution in [2.75, 3.05) is 11.1 Å². The largest absolute Gasteiger partial charge is 0.325 e. The van der Waals surface area contributed by atoms with Crippen molar-refractivity contribution in [3.8, 4) is 0 Å². The lowest BCUT2D eigenvalue weighted by Gasteiger charge is -2.11. The first-order valence-corrected chi connectivity index (χ1v) is 12.0. The van der Waals surface area contributed by atoms with Crippen molar-refractivity contribution in [3.63, 3.8) is 0 Å². The lowest BCUT2D eigenvalue weighted by atomic mass is 10.1. The van der Waals surface area contributed by atoms with E-state index >= 15 is 0 Å². The summed E-state index contributed by atoms with van der Waals surface area (Å²) in [5, 5.41) is 10.7. The van der Waals surface area contributed by atoms with Gasteiger partial charge in [0.1, 0.15) is 0 Å². The second-order valence-corrected chi connectivity index (χ2v) is 9.38. The summed E-state index contributed by atoms with van der Waals surface area (Å²) in [5.74, 6) is -0.515. The molecule has 31 heavy (non-hydrogen) atoms. The second kappa shape index (κ2) is 9.08. The van der Waals surface area contributed by atoms with Crippen LogP contribution in [0.25, 0.3) is 11.0 Å². The van der Waals surface area contributed by atoms with E-state index in [9.17, 15) is 18.0 Å². The van der Waals surface area contributed by atoms with Crippen LogP contribution in [0.1, 0.15) is 18.1 Å². The van der Waals surface area contributed by atoms with Crippen LogP contribution in [0, 0.1) is 13.8 Å². The Bertz CT molecular complexity index is 1270. The number of anilines is 1. The van der Waals surface area contributed by atoms with E-state index in [0.717, 1.165) is 28.4 Å². The van der Waals surface area contributed by atoms with Gasteiger partial charge < -0.3 is 9.88 Å². The van der Waals surface area contributed by atoms with E-state index < -0.39 is 22.0 Å². The van der Waals surface area contributed by atoms with Crippen LogP contribution in [0.15, 0.2) is 46.5 Å². The molecule has 0 atom stereocenters. The van der Waals surface area contributed by atoms with Crippen LogP contribution < -0.4 is 15.8 Å². The third-order valence-corrected chi connectivity index (χ3v) is 6.65. The van der Waals surface area contributed by atoms with Crippen LogP contribution in [0.4, 0.5) is 10.5 Å². The number of carbonyl (C=O) groups excluding carboxylic acids is 2. The van der Waals surface area contributed by atoms with Gasteiger partial charge in [-0.1, -0.05) is 23.9 Å². The summed E-state index contributed by atoms with van der Waals surface area (Å²) in [6.45, 7) is 6.31. The number of rotatable bonds is 6. The van der Waals surface area contributed by atoms with E-state index in [2.05, 4.69) is 15.6 Å². The molecular weight excluding hydrogens is 438 g/mol. The standard InChI is InChI=1S/C20H23N5O4S2/c1-4-25-17-9-8-14(31(21,28)29)10-16(17)23-20(25)30-11-18(26)24-19(27)22-15-7-5-6-12(2)13(15)3/h5-10H,4,11H2,1-3H3,(H2,21,28,29)(H2,22,24,26,27). The average Bonchev–Trinajstić information content (AvgIpc) is 3.06. The highest BCUT2D eigenvalue weighted by atomic mass is 32.2. The van der Waals surface area contributed by atoms with Gasteiger partial charge in [-0.2, -0.15) is 0 Å². The Labute approximate surface area is 184 Å². The molecule has 0 aliphatic rings. The lowest BCUT2D eigenvalue weighted by molar-refractivity contribution is -0.117. The fourth-order valence-corrected chi connectivity index (χ4v) is 4.43. The fourth-order valence-electron chi connectivity index (χ4n) is 3.01. The maximum Gasteiger partial charge on any atom is 0.325 e. The smallest absolute Gasteiger partial charge is 0.319 e. The van der Waals surface area contributed by atoms with Crippen molar-refractivity contribution in [2.24, 2.45) is 5.14 Å². The Morgan fingerprint density at radius 2 is 1.94 bits per heavy atom. The van der Waals surface area contributed by atoms with Crippen molar-refractivity contribution < 1.29 is 18.0 Å². The molecule has 9 nitrogen and oxygen atoms in total. The van der Waals surface area contributed by atoms with E-state index in [4.69, 9.17) is 5.14 Å². The number of aryl methyl sites for hydroxylation is 2. The van der Waals surface area contributed by atoms with Gasteiger partial charge in [-0.15, -0.1) is 0 Å². The van der Waals surface area contributed by atoms with Crippen molar-refractivity contribution >= 4 is 50.4 Å². The number of nitrogens with two attached hydrogens (primary N) is 1. The molecule has 164 valence electrons. The molecule has 0 bridgehead atoms. The maximum atomic E-state index is 12.2. The molecule has 0 saturated heterocycles. The molecule has 3 rings (SSSR count). The second-order valence-electron chi connectivity index (χ2n) is 6.87. The average molecular weight is 462 g/mol. The predicted octanol–water partition coefficient (Wildman–Crippen LogP) is 2.76. The monoisotopic (exact) mass is 461 g/mol. The predicted molar refractivity (Wildman–Crippen MR) is 121 cm³/mol. The van der Waals surface area contributed by atoms with Gasteiger partial charge >= 0.3 is 6.03 Å². The van der Waals surface area contributed by atoms with E-state index in [1.807, 2.05) is 37.5 Å². The number of imidazole rings is 1. The minimum atomic E-state index is -3.84. The zero-order chi connectivity index (χ0) is 22.8. The highest BCUT2D eigenvalue weighted by Gasteiger charge is 2.16. The van der Waals surface area contributed by atoms with E-state index in [0.29, 0.717) is 22.9 Å². The molecule has 0 aliphatic carbocycles. The summed E-state index contributed by atoms with van der Waals surface area (Å²) >= 11 is 1.15. The molecule has 0 aliphatic heterocycles. The molecule has 0 unspecified atom stereocenters. The van der Waals surface area contributed by atoms with E-state index in [1.165, 1.54) is 12.1 Å². The Kier molecular flexibility index (Phi) is 6.68. The summed E-state index contributed by atoms with van der Waals surface area (Å²) in [6.07, 6.45) is 0. The first-order chi connectivity index (χ1) is 14.6. The first-order valence-electron chi connectivity index (χ1n) is 9.43. The van der Waals surface area contributed by atoms with Gasteiger partial charge in [0.15, 0.2) is 5.16 Å². The number of nitrogens with zero attached hydrogens (tertiary/aromatic N) is 2. The van der Waals surface area contributed by atoms with Gasteiger partial charge in [0, 0.05) is 12.2 Å². The van der Waals surface area contributed by atoms with E-state index in [1.54, 1.807) is 12.1 Å². The molecule has 3 aromatic rings. The highest BCUT2D eigenvalue weighted by Crippen LogP contribution is 2.26. The van der Waals surface area contributed by atoms with Crippen LogP contribution in [0.5, 0.6) is 0 Å². The number of amides is 3. The molecule has 2 aromatic carbocycles. The number of primary sulfonamides is 1. The Balaban J connectivity index is 1.68. The third-order valence-electron chi connectivity index (χ3n) is 4.77. The number of aromatic nitrogens is 2. The molecule has 1 heterocycles. The third kappa shape index (κ3) is 5.24. The molecule has 3 amide bonds. The first kappa shape index (κ1) is 22.8. The molecule has 1 aromatic heterocycles. The number of imide groups is 1. The number of nitrogens with one attached hydrogen (secondary N) is 2. The minimum absolute atomic E-state index is 0.0295. The zero-order valence-electron chi connectivity index (χ0n) is 17.3. The SMILES string of the molecule is CCn1c(SCC(=O)NC(=O)Nc2cccc(C)c2C)nc2cc(S(N)(=O)=O)ccc21. The summed E-state index contributed by atoms with van der Waals surface area (Å²) in [7, 11) is -3.84. The Morgan fingerprint density at radius 3 is 2.61 bits per heavy atom. The summed E-state index contributed by atoms with van der Waals surface area (Å²) in [5.41, 5.74) is 3.78. The topological polar surface area (TPSA) is 136 Å². The number of hydrogen-bond donors (Lipinski definition) is 3. The summed E-state index contributed by atoms with van der Waals surface area (Å²) < 4.78 is 25.0. The van der Waals surface area contributed by atoms with Crippen molar-refractivity contribution in [3.05, 3.63) is 47.5 Å². The molecule has 4 N–H and O–H groups in total. The van der Waals surface area contributed by atoms with Crippen molar-refractivity contribution in [1.29, 1.82) is 0 Å². The summed E-state index contributed by atoms with van der Waals surface area (Å²) in [6, 6.07) is 9.37. The van der Waals surface area contributed by atoms with Gasteiger partial charge in [0.25, 0.3) is 0 Å². The number of thioether (sulfide) groups is 1. The number of hydrogen-bond acceptors (Lipinski definition) is 6. The van der Waals surface area contributed by atoms with Gasteiger partial charge in [0.05, 0.1) is 21.7 Å². The number of fused-ring (bicyclic) bond motifs is 1. The number of benzene rings is 2. The zero-order valence-corrected chi connectivity index (χ0v) is 18.9. The molecule has 0 saturated carbocycles. The van der Waals surface area contributed by atoms with E-state index in [-0.39, 0.29) is 10.6 Å². The Morgan fingerprint density at radius 1 is 1.19 bits per heavy atom. The van der Waals surface area contributed by atoms with Gasteiger partial charge in [0.2, 0.25) is 15.9 Å². The minimum Gasteiger partial charge on any atom is -0.319 e. The van der Waals surface area contributed by atoms with Crippen molar-refractivity contribution in [1.82, 2.24) is 14.9 Å². The molecule has 0 spiro atoms. The van der Waals surface area contributed by atoms with Gasteiger partial charge in [-0.25, -0.2) is 23.3 Å². The number of sulfonamides is 1. The normalized spacial score (nSPS) is 11.5. The van der Waals surface area contributed by atoms with Crippen LogP contribution in [0.2, 0.25) is 0 Å². The summed E-state index contributed by atoms with van der Waals surface area (Å²) in [4.78, 5) is 28.8. The quantitative estimate of drug-likeness (QED) is 0.483. The van der Waals surface area contributed by atoms with Crippen LogP contribution in [-0.2, 0) is 21.4 Å². The molecule has 0 fully saturated rings. The highest BCUT2D eigenvalue weighted by molar-refractivity contribution is 7.99. The van der Waals surface area contributed by atoms with Crippen LogP contribution in [-0.4, -0.2) is 35.7 Å². The van der Waals surface area contributed by atoms with Gasteiger partial charge in [-0.05, 0) is 56.2 Å². The number of carbonyl (C=O) groups is 2.